The number of aliphatic imine (C=N–C) groups is 1. The summed E-state index contributed by atoms with van der Waals surface area (Å²) in [5, 5.41) is 22.2. The Kier molecular flexibility index (Phi) is 11.8. The van der Waals surface area contributed by atoms with Crippen LogP contribution in [0.15, 0.2) is 17.1 Å². The Balaban J connectivity index is 1.85. The molecule has 0 radical (unpaired) electrons. The number of carbonyl (C=O) groups is 1. The van der Waals surface area contributed by atoms with Gasteiger partial charge in [0, 0.05) is 5.71 Å². The second-order valence-corrected chi connectivity index (χ2v) is 11.5. The summed E-state index contributed by atoms with van der Waals surface area (Å²) in [6.45, 7) is 10.2. The fraction of sp³-hybridized carbons (Fsp3) is 0.867. The standard InChI is InChI=1S/C30H53NO4/c1-6-8-9-10-11-12-13-14-15-16-17-18-19-20-24(32)27(28(33)35-7-2)31-26-22-23-21-25(29(23,3)4)30(26,5)34/h19-20,23-25,27,32,34H,6-18,21-22H2,1-5H3/b20-19+,31-26?/t23-,24+,25-,27-,30-/m1/s1/i24D. The Hall–Kier alpha value is -1.20. The summed E-state index contributed by atoms with van der Waals surface area (Å²) in [5.74, 6) is -0.281. The molecule has 0 saturated heterocycles. The van der Waals surface area contributed by atoms with Crippen molar-refractivity contribution in [2.24, 2.45) is 22.2 Å². The first kappa shape index (κ1) is 28.4. The van der Waals surface area contributed by atoms with E-state index in [0.717, 1.165) is 25.7 Å². The summed E-state index contributed by atoms with van der Waals surface area (Å²) in [6.07, 6.45) is 17.2. The van der Waals surface area contributed by atoms with Crippen molar-refractivity contribution in [1.29, 1.82) is 0 Å². The third-order valence-corrected chi connectivity index (χ3v) is 8.51. The molecule has 0 aliphatic heterocycles. The summed E-state index contributed by atoms with van der Waals surface area (Å²) < 4.78 is 13.7. The minimum atomic E-state index is -2.22. The first-order valence-corrected chi connectivity index (χ1v) is 14.3. The maximum Gasteiger partial charge on any atom is 0.333 e. The van der Waals surface area contributed by atoms with Gasteiger partial charge in [-0.3, -0.25) is 4.99 Å². The maximum absolute atomic E-state index is 12.7. The van der Waals surface area contributed by atoms with E-state index in [2.05, 4.69) is 25.8 Å². The fourth-order valence-corrected chi connectivity index (χ4v) is 5.98. The van der Waals surface area contributed by atoms with E-state index in [-0.39, 0.29) is 17.9 Å². The smallest absolute Gasteiger partial charge is 0.333 e. The number of esters is 1. The Morgan fingerprint density at radius 3 is 2.17 bits per heavy atom. The quantitative estimate of drug-likeness (QED) is 0.133. The number of allylic oxidation sites excluding steroid dienone is 1. The van der Waals surface area contributed by atoms with Crippen LogP contribution in [-0.4, -0.2) is 46.2 Å². The van der Waals surface area contributed by atoms with Crippen molar-refractivity contribution < 1.29 is 21.1 Å². The number of hydrogen-bond acceptors (Lipinski definition) is 5. The minimum absolute atomic E-state index is 0.0216. The summed E-state index contributed by atoms with van der Waals surface area (Å²) in [6, 6.07) is -1.41. The molecular formula is C30H53NO4. The number of unbranched alkanes of at least 4 members (excludes halogenated alkanes) is 11. The van der Waals surface area contributed by atoms with Gasteiger partial charge in [0.05, 0.1) is 7.98 Å². The van der Waals surface area contributed by atoms with Crippen molar-refractivity contribution in [3.63, 3.8) is 0 Å². The fourth-order valence-electron chi connectivity index (χ4n) is 5.98. The lowest BCUT2D eigenvalue weighted by Crippen LogP contribution is -2.65. The molecule has 202 valence electrons. The van der Waals surface area contributed by atoms with E-state index < -0.39 is 23.7 Å². The van der Waals surface area contributed by atoms with Crippen molar-refractivity contribution in [2.75, 3.05) is 6.61 Å². The highest BCUT2D eigenvalue weighted by atomic mass is 16.5. The predicted octanol–water partition coefficient (Wildman–Crippen LogP) is 6.79. The Morgan fingerprint density at radius 1 is 1.09 bits per heavy atom. The van der Waals surface area contributed by atoms with E-state index in [4.69, 9.17) is 6.11 Å². The molecule has 0 heterocycles. The van der Waals surface area contributed by atoms with Crippen molar-refractivity contribution in [2.45, 2.75) is 142 Å². The molecule has 3 aliphatic rings. The summed E-state index contributed by atoms with van der Waals surface area (Å²) in [7, 11) is 0. The number of ether oxygens (including phenoxy) is 1. The zero-order valence-corrected chi connectivity index (χ0v) is 23.2. The van der Waals surface area contributed by atoms with Crippen LogP contribution < -0.4 is 0 Å². The van der Waals surface area contributed by atoms with Gasteiger partial charge in [0.15, 0.2) is 6.04 Å². The van der Waals surface area contributed by atoms with Gasteiger partial charge in [-0.15, -0.1) is 0 Å². The van der Waals surface area contributed by atoms with Crippen LogP contribution in [0.1, 0.15) is 126 Å². The third-order valence-electron chi connectivity index (χ3n) is 8.51. The Labute approximate surface area is 216 Å². The summed E-state index contributed by atoms with van der Waals surface area (Å²) in [5.41, 5.74) is -0.628. The molecule has 2 bridgehead atoms. The van der Waals surface area contributed by atoms with Crippen LogP contribution in [0, 0.1) is 17.3 Å². The van der Waals surface area contributed by atoms with Crippen LogP contribution >= 0.6 is 0 Å². The highest BCUT2D eigenvalue weighted by molar-refractivity contribution is 5.96. The van der Waals surface area contributed by atoms with E-state index in [0.29, 0.717) is 18.1 Å². The van der Waals surface area contributed by atoms with Crippen LogP contribution in [0.25, 0.3) is 0 Å². The minimum Gasteiger partial charge on any atom is -0.464 e. The SMILES string of the molecule is [2H][C@](O)(/C=C/CCCCCCCCCCCCC)[C@@H](N=C1C[C@H]2C[C@H](C2(C)C)[C@@]1(C)O)C(=O)OCC. The Bertz CT molecular complexity index is 743. The lowest BCUT2D eigenvalue weighted by molar-refractivity contribution is -0.147. The third kappa shape index (κ3) is 8.42. The highest BCUT2D eigenvalue weighted by Crippen LogP contribution is 2.61. The molecule has 0 aromatic rings. The van der Waals surface area contributed by atoms with E-state index >= 15 is 0 Å². The molecule has 5 atom stereocenters. The second-order valence-electron chi connectivity index (χ2n) is 11.5. The maximum atomic E-state index is 12.7. The molecule has 3 rings (SSSR count). The number of hydrogen-bond donors (Lipinski definition) is 2. The molecule has 0 aromatic heterocycles. The van der Waals surface area contributed by atoms with Gasteiger partial charge < -0.3 is 14.9 Å². The van der Waals surface area contributed by atoms with Crippen LogP contribution in [0.4, 0.5) is 0 Å². The number of carbonyl (C=O) groups excluding carboxylic acids is 1. The molecule has 3 fully saturated rings. The van der Waals surface area contributed by atoms with Gasteiger partial charge in [0.25, 0.3) is 0 Å². The molecule has 5 heteroatoms. The van der Waals surface area contributed by atoms with Crippen LogP contribution in [-0.2, 0) is 9.53 Å². The number of rotatable bonds is 17. The molecular weight excluding hydrogens is 438 g/mol. The molecule has 5 nitrogen and oxygen atoms in total. The number of nitrogens with zero attached hydrogens (tertiary/aromatic N) is 1. The van der Waals surface area contributed by atoms with Gasteiger partial charge in [0.1, 0.15) is 11.7 Å². The zero-order valence-electron chi connectivity index (χ0n) is 24.2. The Morgan fingerprint density at radius 2 is 1.66 bits per heavy atom. The predicted molar refractivity (Wildman–Crippen MR) is 145 cm³/mol. The van der Waals surface area contributed by atoms with Crippen LogP contribution in [0.3, 0.4) is 0 Å². The van der Waals surface area contributed by atoms with Gasteiger partial charge in [-0.1, -0.05) is 97.1 Å². The first-order valence-electron chi connectivity index (χ1n) is 14.8. The van der Waals surface area contributed by atoms with Crippen LogP contribution in [0.5, 0.6) is 0 Å². The molecule has 3 aliphatic carbocycles. The molecule has 35 heavy (non-hydrogen) atoms. The van der Waals surface area contributed by atoms with Crippen molar-refractivity contribution in [3.8, 4) is 0 Å². The van der Waals surface area contributed by atoms with Gasteiger partial charge >= 0.3 is 5.97 Å². The number of aliphatic hydroxyl groups is 2. The summed E-state index contributed by atoms with van der Waals surface area (Å²) >= 11 is 0. The van der Waals surface area contributed by atoms with Gasteiger partial charge in [-0.2, -0.15) is 0 Å². The van der Waals surface area contributed by atoms with Crippen LogP contribution in [0.2, 0.25) is 0 Å². The lowest BCUT2D eigenvalue weighted by Gasteiger charge is -2.62. The first-order chi connectivity index (χ1) is 17.0. The van der Waals surface area contributed by atoms with Gasteiger partial charge in [-0.05, 0) is 56.8 Å². The molecule has 0 amide bonds. The van der Waals surface area contributed by atoms with Crippen molar-refractivity contribution in [3.05, 3.63) is 12.2 Å². The molecule has 2 N–H and O–H groups in total. The van der Waals surface area contributed by atoms with Gasteiger partial charge in [0.2, 0.25) is 0 Å². The van der Waals surface area contributed by atoms with Crippen molar-refractivity contribution in [1.82, 2.24) is 0 Å². The van der Waals surface area contributed by atoms with Crippen molar-refractivity contribution >= 4 is 11.7 Å². The van der Waals surface area contributed by atoms with E-state index in [9.17, 15) is 15.0 Å². The van der Waals surface area contributed by atoms with E-state index in [1.807, 2.05) is 0 Å². The van der Waals surface area contributed by atoms with E-state index in [1.165, 1.54) is 63.9 Å². The topological polar surface area (TPSA) is 79.1 Å². The summed E-state index contributed by atoms with van der Waals surface area (Å²) in [4.78, 5) is 17.2. The van der Waals surface area contributed by atoms with Gasteiger partial charge in [-0.25, -0.2) is 4.79 Å². The molecule has 0 unspecified atom stereocenters. The normalized spacial score (nSPS) is 29.5. The highest BCUT2D eigenvalue weighted by Gasteiger charge is 2.61. The second kappa shape index (κ2) is 14.5. The average molecular weight is 493 g/mol. The molecule has 0 spiro atoms. The average Bonchev–Trinajstić information content (AvgIpc) is 2.80. The lowest BCUT2D eigenvalue weighted by atomic mass is 9.44. The zero-order chi connectivity index (χ0) is 26.8. The largest absolute Gasteiger partial charge is 0.464 e. The molecule has 3 saturated carbocycles. The van der Waals surface area contributed by atoms with E-state index in [1.54, 1.807) is 19.9 Å². The monoisotopic (exact) mass is 492 g/mol. The molecule has 0 aromatic carbocycles. The number of fused-ring (bicyclic) bond motifs is 2.